The van der Waals surface area contributed by atoms with E-state index in [9.17, 15) is 14.8 Å². The minimum Gasteiger partial charge on any atom is -0.332 e. The summed E-state index contributed by atoms with van der Waals surface area (Å²) < 4.78 is 0. The summed E-state index contributed by atoms with van der Waals surface area (Å²) in [6.07, 6.45) is 6.36. The average molecular weight is 398 g/mol. The van der Waals surface area contributed by atoms with Gasteiger partial charge in [-0.3, -0.25) is 14.8 Å². The Hall–Kier alpha value is -2.94. The topological polar surface area (TPSA) is 118 Å². The van der Waals surface area contributed by atoms with Crippen LogP contribution in [0.5, 0.6) is 0 Å². The molecule has 0 spiro atoms. The monoisotopic (exact) mass is 398 g/mol. The molecule has 9 heteroatoms. The molecule has 29 heavy (non-hydrogen) atoms. The fraction of sp³-hybridized carbons (Fsp3) is 0.500. The van der Waals surface area contributed by atoms with E-state index in [0.29, 0.717) is 30.3 Å². The van der Waals surface area contributed by atoms with Crippen LogP contribution in [0, 0.1) is 5.92 Å². The quantitative estimate of drug-likeness (QED) is 0.306. The standard InChI is InChI=1S/C20H26N6O3/c1-2-3-5-13(11-25(29)12-27)20(28)26-7-4-6-18(26)19-22-16-8-14-10-21-24-15(14)9-17(16)23-19/h8-10,12-13,18,21,24,29H,2-7,11H2,1H3/t13-,18-/m0/s1. The van der Waals surface area contributed by atoms with E-state index >= 15 is 0 Å². The number of carbonyl (C=O) groups excluding carboxylic acids is 2. The van der Waals surface area contributed by atoms with Crippen molar-refractivity contribution >= 4 is 34.3 Å². The van der Waals surface area contributed by atoms with Crippen LogP contribution in [0.25, 0.3) is 21.9 Å². The van der Waals surface area contributed by atoms with Crippen LogP contribution < -0.4 is 0 Å². The molecule has 154 valence electrons. The Morgan fingerprint density at radius 1 is 1.41 bits per heavy atom. The largest absolute Gasteiger partial charge is 0.332 e. The van der Waals surface area contributed by atoms with Crippen molar-refractivity contribution in [3.05, 3.63) is 24.2 Å². The molecule has 1 aromatic carbocycles. The Labute approximate surface area is 168 Å². The van der Waals surface area contributed by atoms with Gasteiger partial charge < -0.3 is 15.1 Å². The third kappa shape index (κ3) is 3.82. The first-order valence-electron chi connectivity index (χ1n) is 10.1. The summed E-state index contributed by atoms with van der Waals surface area (Å²) >= 11 is 0. The van der Waals surface area contributed by atoms with Crippen LogP contribution in [0.2, 0.25) is 0 Å². The molecule has 3 heterocycles. The number of imidazole rings is 1. The lowest BCUT2D eigenvalue weighted by molar-refractivity contribution is -0.157. The molecule has 0 unspecified atom stereocenters. The number of rotatable bonds is 8. The van der Waals surface area contributed by atoms with Gasteiger partial charge in [-0.25, -0.2) is 15.0 Å². The van der Waals surface area contributed by atoms with Gasteiger partial charge in [-0.05, 0) is 31.4 Å². The second-order valence-electron chi connectivity index (χ2n) is 7.68. The van der Waals surface area contributed by atoms with Crippen LogP contribution in [0.1, 0.15) is 50.9 Å². The number of unbranched alkanes of at least 4 members (excludes halogenated alkanes) is 1. The normalized spacial score (nSPS) is 17.9. The van der Waals surface area contributed by atoms with Gasteiger partial charge in [0, 0.05) is 18.1 Å². The van der Waals surface area contributed by atoms with Crippen LogP contribution in [0.4, 0.5) is 0 Å². The van der Waals surface area contributed by atoms with Gasteiger partial charge in [-0.1, -0.05) is 19.8 Å². The predicted octanol–water partition coefficient (Wildman–Crippen LogP) is 2.76. The van der Waals surface area contributed by atoms with Crippen LogP contribution in [-0.2, 0) is 9.59 Å². The number of fused-ring (bicyclic) bond motifs is 2. The summed E-state index contributed by atoms with van der Waals surface area (Å²) in [6.45, 7) is 2.70. The number of hydrogen-bond donors (Lipinski definition) is 3. The minimum absolute atomic E-state index is 0.0105. The molecule has 0 saturated carbocycles. The van der Waals surface area contributed by atoms with Crippen molar-refractivity contribution in [2.45, 2.75) is 45.1 Å². The van der Waals surface area contributed by atoms with Gasteiger partial charge in [-0.2, -0.15) is 0 Å². The first-order chi connectivity index (χ1) is 14.1. The number of carbonyl (C=O) groups is 2. The van der Waals surface area contributed by atoms with Crippen molar-refractivity contribution in [1.29, 1.82) is 0 Å². The fourth-order valence-electron chi connectivity index (χ4n) is 4.16. The summed E-state index contributed by atoms with van der Waals surface area (Å²) in [6, 6.07) is 3.76. The molecule has 3 aromatic rings. The number of amides is 2. The number of hydrogen-bond acceptors (Lipinski definition) is 5. The lowest BCUT2D eigenvalue weighted by atomic mass is 9.99. The number of aromatic amines is 2. The molecule has 0 radical (unpaired) electrons. The van der Waals surface area contributed by atoms with Crippen molar-refractivity contribution in [2.75, 3.05) is 13.1 Å². The fourth-order valence-corrected chi connectivity index (χ4v) is 4.16. The summed E-state index contributed by atoms with van der Waals surface area (Å²) in [7, 11) is 0. The highest BCUT2D eigenvalue weighted by Crippen LogP contribution is 2.34. The van der Waals surface area contributed by atoms with Crippen molar-refractivity contribution in [1.82, 2.24) is 30.1 Å². The van der Waals surface area contributed by atoms with E-state index in [1.54, 1.807) is 0 Å². The molecule has 1 saturated heterocycles. The van der Waals surface area contributed by atoms with E-state index in [0.717, 1.165) is 47.6 Å². The van der Waals surface area contributed by atoms with Crippen molar-refractivity contribution in [3.63, 3.8) is 0 Å². The van der Waals surface area contributed by atoms with E-state index in [-0.39, 0.29) is 18.5 Å². The van der Waals surface area contributed by atoms with Gasteiger partial charge >= 0.3 is 0 Å². The van der Waals surface area contributed by atoms with Crippen LogP contribution >= 0.6 is 0 Å². The molecule has 9 nitrogen and oxygen atoms in total. The van der Waals surface area contributed by atoms with E-state index in [2.05, 4.69) is 17.1 Å². The maximum absolute atomic E-state index is 13.3. The molecule has 3 N–H and O–H groups in total. The lowest BCUT2D eigenvalue weighted by Crippen LogP contribution is -2.40. The maximum Gasteiger partial charge on any atom is 0.233 e. The van der Waals surface area contributed by atoms with Crippen molar-refractivity contribution in [2.24, 2.45) is 5.92 Å². The number of H-pyrrole nitrogens is 2. The van der Waals surface area contributed by atoms with E-state index in [1.165, 1.54) is 0 Å². The Kier molecular flexibility index (Phi) is 5.48. The van der Waals surface area contributed by atoms with E-state index < -0.39 is 5.92 Å². The van der Waals surface area contributed by atoms with Gasteiger partial charge in [0.1, 0.15) is 0 Å². The van der Waals surface area contributed by atoms with Crippen molar-refractivity contribution < 1.29 is 14.8 Å². The van der Waals surface area contributed by atoms with E-state index in [4.69, 9.17) is 9.97 Å². The Bertz CT molecular complexity index is 964. The molecular formula is C20H26N6O3. The summed E-state index contributed by atoms with van der Waals surface area (Å²) in [4.78, 5) is 35.3. The Morgan fingerprint density at radius 2 is 2.21 bits per heavy atom. The van der Waals surface area contributed by atoms with E-state index in [1.807, 2.05) is 23.2 Å². The van der Waals surface area contributed by atoms with Crippen LogP contribution in [-0.4, -0.2) is 60.7 Å². The minimum atomic E-state index is -0.427. The molecule has 0 aliphatic carbocycles. The summed E-state index contributed by atoms with van der Waals surface area (Å²) in [5.41, 5.74) is 2.57. The number of hydroxylamine groups is 2. The Balaban J connectivity index is 1.59. The van der Waals surface area contributed by atoms with Gasteiger partial charge in [0.05, 0.1) is 35.1 Å². The first-order valence-corrected chi connectivity index (χ1v) is 10.1. The molecule has 0 bridgehead atoms. The lowest BCUT2D eigenvalue weighted by Gasteiger charge is -2.28. The zero-order chi connectivity index (χ0) is 20.4. The highest BCUT2D eigenvalue weighted by atomic mass is 16.5. The van der Waals surface area contributed by atoms with Gasteiger partial charge in [0.2, 0.25) is 12.3 Å². The molecule has 1 aliphatic heterocycles. The second-order valence-corrected chi connectivity index (χ2v) is 7.68. The summed E-state index contributed by atoms with van der Waals surface area (Å²) in [5, 5.41) is 17.2. The van der Waals surface area contributed by atoms with Gasteiger partial charge in [-0.15, -0.1) is 0 Å². The molecule has 2 atom stereocenters. The second kappa shape index (κ2) is 8.20. The number of nitrogens with one attached hydrogen (secondary N) is 2. The van der Waals surface area contributed by atoms with Crippen molar-refractivity contribution in [3.8, 4) is 0 Å². The molecule has 1 fully saturated rings. The third-order valence-electron chi connectivity index (χ3n) is 5.67. The molecule has 4 rings (SSSR count). The number of likely N-dealkylation sites (tertiary alicyclic amines) is 1. The number of benzene rings is 1. The maximum atomic E-state index is 13.3. The van der Waals surface area contributed by atoms with Crippen LogP contribution in [0.3, 0.4) is 0 Å². The SMILES string of the molecule is CCCC[C@@H](CN(O)C=O)C(=O)N1CCC[C@H]1c1nc2cc3c[nH][nH]c3cc2n1. The Morgan fingerprint density at radius 3 is 2.97 bits per heavy atom. The average Bonchev–Trinajstić information content (AvgIpc) is 3.46. The zero-order valence-electron chi connectivity index (χ0n) is 16.5. The zero-order valence-corrected chi connectivity index (χ0v) is 16.5. The molecular weight excluding hydrogens is 372 g/mol. The number of aromatic nitrogens is 4. The smallest absolute Gasteiger partial charge is 0.233 e. The molecule has 2 amide bonds. The predicted molar refractivity (Wildman–Crippen MR) is 107 cm³/mol. The first kappa shape index (κ1) is 19.4. The third-order valence-corrected chi connectivity index (χ3v) is 5.67. The van der Waals surface area contributed by atoms with Crippen LogP contribution in [0.15, 0.2) is 18.3 Å². The molecule has 1 aliphatic rings. The highest BCUT2D eigenvalue weighted by molar-refractivity contribution is 5.92. The van der Waals surface area contributed by atoms with Gasteiger partial charge in [0.25, 0.3) is 0 Å². The number of nitrogens with zero attached hydrogens (tertiary/aromatic N) is 4. The molecule has 2 aromatic heterocycles. The van der Waals surface area contributed by atoms with Gasteiger partial charge in [0.15, 0.2) is 5.82 Å². The summed E-state index contributed by atoms with van der Waals surface area (Å²) in [5.74, 6) is 0.189. The highest BCUT2D eigenvalue weighted by Gasteiger charge is 2.36.